The first-order chi connectivity index (χ1) is 10.3. The van der Waals surface area contributed by atoms with E-state index in [4.69, 9.17) is 10.5 Å². The second-order valence-electron chi connectivity index (χ2n) is 6.31. The Kier molecular flexibility index (Phi) is 4.45. The van der Waals surface area contributed by atoms with Gasteiger partial charge < -0.3 is 10.5 Å². The lowest BCUT2D eigenvalue weighted by molar-refractivity contribution is 0.128. The fraction of sp³-hybridized carbons (Fsp3) is 0.474. The van der Waals surface area contributed by atoms with Crippen LogP contribution in [0.2, 0.25) is 0 Å². The predicted molar refractivity (Wildman–Crippen MR) is 88.8 cm³/mol. The summed E-state index contributed by atoms with van der Waals surface area (Å²) in [5, 5.41) is 2.55. The zero-order valence-corrected chi connectivity index (χ0v) is 12.8. The third-order valence-electron chi connectivity index (χ3n) is 4.57. The van der Waals surface area contributed by atoms with Gasteiger partial charge in [-0.15, -0.1) is 0 Å². The fourth-order valence-corrected chi connectivity index (χ4v) is 3.49. The second kappa shape index (κ2) is 6.48. The normalized spacial score (nSPS) is 22.4. The number of rotatable bonds is 4. The summed E-state index contributed by atoms with van der Waals surface area (Å²) in [6.07, 6.45) is 6.22. The van der Waals surface area contributed by atoms with Crippen LogP contribution < -0.4 is 10.5 Å². The van der Waals surface area contributed by atoms with Gasteiger partial charge in [0.25, 0.3) is 0 Å². The van der Waals surface area contributed by atoms with E-state index in [1.807, 2.05) is 0 Å². The van der Waals surface area contributed by atoms with Crippen LogP contribution in [0.5, 0.6) is 5.75 Å². The smallest absolute Gasteiger partial charge is 0.123 e. The van der Waals surface area contributed by atoms with E-state index < -0.39 is 0 Å². The van der Waals surface area contributed by atoms with Crippen molar-refractivity contribution in [3.63, 3.8) is 0 Å². The first-order valence-electron chi connectivity index (χ1n) is 8.15. The number of nitrogens with two attached hydrogens (primary N) is 1. The Hall–Kier alpha value is -1.54. The van der Waals surface area contributed by atoms with Crippen LogP contribution in [-0.4, -0.2) is 12.6 Å². The molecule has 0 bridgehead atoms. The molecule has 2 nitrogen and oxygen atoms in total. The summed E-state index contributed by atoms with van der Waals surface area (Å²) in [5.74, 6) is 1.82. The molecule has 2 heteroatoms. The van der Waals surface area contributed by atoms with Gasteiger partial charge in [-0.25, -0.2) is 0 Å². The van der Waals surface area contributed by atoms with Crippen LogP contribution in [0.3, 0.4) is 0 Å². The third kappa shape index (κ3) is 3.21. The lowest BCUT2D eigenvalue weighted by Crippen LogP contribution is -2.24. The molecule has 2 aromatic carbocycles. The van der Waals surface area contributed by atoms with E-state index in [9.17, 15) is 0 Å². The van der Waals surface area contributed by atoms with Crippen LogP contribution in [0, 0.1) is 5.92 Å². The van der Waals surface area contributed by atoms with Gasteiger partial charge in [0.05, 0.1) is 6.10 Å². The van der Waals surface area contributed by atoms with Crippen molar-refractivity contribution < 1.29 is 4.74 Å². The SMILES string of the molecule is CC1CCCC(Oc2ccc3ccccc3c2CCN)C1. The average molecular weight is 283 g/mol. The number of hydrogen-bond donors (Lipinski definition) is 1. The summed E-state index contributed by atoms with van der Waals surface area (Å²) in [6, 6.07) is 12.8. The Labute approximate surface area is 127 Å². The minimum atomic E-state index is 0.367. The lowest BCUT2D eigenvalue weighted by Gasteiger charge is -2.28. The Morgan fingerprint density at radius 2 is 2.00 bits per heavy atom. The van der Waals surface area contributed by atoms with Crippen molar-refractivity contribution in [1.82, 2.24) is 0 Å². The highest BCUT2D eigenvalue weighted by Gasteiger charge is 2.21. The van der Waals surface area contributed by atoms with Gasteiger partial charge in [-0.2, -0.15) is 0 Å². The highest BCUT2D eigenvalue weighted by molar-refractivity contribution is 5.87. The van der Waals surface area contributed by atoms with Crippen LogP contribution in [0.4, 0.5) is 0 Å². The van der Waals surface area contributed by atoms with Crippen molar-refractivity contribution in [2.75, 3.05) is 6.54 Å². The molecule has 0 radical (unpaired) electrons. The predicted octanol–water partition coefficient (Wildman–Crippen LogP) is 4.30. The van der Waals surface area contributed by atoms with Crippen molar-refractivity contribution >= 4 is 10.8 Å². The standard InChI is InChI=1S/C19H25NO/c1-14-5-4-7-16(13-14)21-19-10-9-15-6-2-3-8-17(15)18(19)11-12-20/h2-3,6,8-10,14,16H,4-5,7,11-13,20H2,1H3. The van der Waals surface area contributed by atoms with E-state index in [0.717, 1.165) is 18.1 Å². The molecule has 2 N–H and O–H groups in total. The van der Waals surface area contributed by atoms with Gasteiger partial charge >= 0.3 is 0 Å². The van der Waals surface area contributed by atoms with Gasteiger partial charge in [0.15, 0.2) is 0 Å². The first kappa shape index (κ1) is 14.4. The first-order valence-corrected chi connectivity index (χ1v) is 8.15. The van der Waals surface area contributed by atoms with E-state index in [1.165, 1.54) is 42.0 Å². The minimum absolute atomic E-state index is 0.367. The highest BCUT2D eigenvalue weighted by atomic mass is 16.5. The molecule has 1 fully saturated rings. The van der Waals surface area contributed by atoms with Crippen LogP contribution in [-0.2, 0) is 6.42 Å². The molecule has 3 rings (SSSR count). The molecule has 0 saturated heterocycles. The maximum atomic E-state index is 6.36. The van der Waals surface area contributed by atoms with E-state index >= 15 is 0 Å². The molecule has 0 aliphatic heterocycles. The summed E-state index contributed by atoms with van der Waals surface area (Å²) in [6.45, 7) is 2.99. The van der Waals surface area contributed by atoms with E-state index in [-0.39, 0.29) is 0 Å². The maximum absolute atomic E-state index is 6.36. The zero-order valence-electron chi connectivity index (χ0n) is 12.8. The quantitative estimate of drug-likeness (QED) is 0.908. The molecule has 1 saturated carbocycles. The molecule has 1 aliphatic rings. The molecular formula is C19H25NO. The van der Waals surface area contributed by atoms with Crippen LogP contribution >= 0.6 is 0 Å². The number of hydrogen-bond acceptors (Lipinski definition) is 2. The molecule has 2 aromatic rings. The van der Waals surface area contributed by atoms with Crippen LogP contribution in [0.15, 0.2) is 36.4 Å². The molecule has 0 heterocycles. The summed E-state index contributed by atoms with van der Waals surface area (Å²) < 4.78 is 6.36. The number of benzene rings is 2. The minimum Gasteiger partial charge on any atom is -0.490 e. The molecule has 1 aliphatic carbocycles. The van der Waals surface area contributed by atoms with Crippen LogP contribution in [0.1, 0.15) is 38.2 Å². The Morgan fingerprint density at radius 3 is 2.81 bits per heavy atom. The van der Waals surface area contributed by atoms with Crippen molar-refractivity contribution in [2.24, 2.45) is 11.7 Å². The average Bonchev–Trinajstić information content (AvgIpc) is 2.50. The van der Waals surface area contributed by atoms with Gasteiger partial charge in [0.2, 0.25) is 0 Å². The molecular weight excluding hydrogens is 258 g/mol. The fourth-order valence-electron chi connectivity index (χ4n) is 3.49. The monoisotopic (exact) mass is 283 g/mol. The molecule has 0 spiro atoms. The van der Waals surface area contributed by atoms with Gasteiger partial charge in [0, 0.05) is 5.56 Å². The van der Waals surface area contributed by atoms with Gasteiger partial charge in [-0.3, -0.25) is 0 Å². The number of fused-ring (bicyclic) bond motifs is 1. The molecule has 2 unspecified atom stereocenters. The van der Waals surface area contributed by atoms with E-state index in [1.54, 1.807) is 0 Å². The summed E-state index contributed by atoms with van der Waals surface area (Å²) in [7, 11) is 0. The van der Waals surface area contributed by atoms with E-state index in [0.29, 0.717) is 12.6 Å². The zero-order chi connectivity index (χ0) is 14.7. The highest BCUT2D eigenvalue weighted by Crippen LogP contribution is 2.32. The van der Waals surface area contributed by atoms with Crippen LogP contribution in [0.25, 0.3) is 10.8 Å². The molecule has 0 amide bonds. The Balaban J connectivity index is 1.91. The summed E-state index contributed by atoms with van der Waals surface area (Å²) in [5.41, 5.74) is 7.09. The Bertz CT molecular complexity index is 608. The molecule has 2 atom stereocenters. The van der Waals surface area contributed by atoms with Crippen molar-refractivity contribution in [3.8, 4) is 5.75 Å². The molecule has 112 valence electrons. The largest absolute Gasteiger partial charge is 0.490 e. The summed E-state index contributed by atoms with van der Waals surface area (Å²) >= 11 is 0. The van der Waals surface area contributed by atoms with Gasteiger partial charge in [-0.1, -0.05) is 43.7 Å². The second-order valence-corrected chi connectivity index (χ2v) is 6.31. The van der Waals surface area contributed by atoms with Gasteiger partial charge in [-0.05, 0) is 55.0 Å². The van der Waals surface area contributed by atoms with Crippen molar-refractivity contribution in [2.45, 2.75) is 45.1 Å². The molecule has 21 heavy (non-hydrogen) atoms. The van der Waals surface area contributed by atoms with E-state index in [2.05, 4.69) is 43.3 Å². The maximum Gasteiger partial charge on any atom is 0.123 e. The van der Waals surface area contributed by atoms with Gasteiger partial charge in [0.1, 0.15) is 5.75 Å². The van der Waals surface area contributed by atoms with Crippen molar-refractivity contribution in [1.29, 1.82) is 0 Å². The topological polar surface area (TPSA) is 35.2 Å². The van der Waals surface area contributed by atoms with Crippen molar-refractivity contribution in [3.05, 3.63) is 42.0 Å². The third-order valence-corrected chi connectivity index (χ3v) is 4.57. The lowest BCUT2D eigenvalue weighted by atomic mass is 9.88. The molecule has 0 aromatic heterocycles. The Morgan fingerprint density at radius 1 is 1.14 bits per heavy atom. The number of ether oxygens (including phenoxy) is 1. The summed E-state index contributed by atoms with van der Waals surface area (Å²) in [4.78, 5) is 0.